The van der Waals surface area contributed by atoms with Gasteiger partial charge in [-0.15, -0.1) is 0 Å². The van der Waals surface area contributed by atoms with Crippen LogP contribution in [0.1, 0.15) is 26.7 Å². The Morgan fingerprint density at radius 3 is 2.50 bits per heavy atom. The second-order valence-corrected chi connectivity index (χ2v) is 3.22. The summed E-state index contributed by atoms with van der Waals surface area (Å²) in [5, 5.41) is 8.77. The fourth-order valence-electron chi connectivity index (χ4n) is 1.26. The number of nitrogens with zero attached hydrogens (tertiary/aromatic N) is 1. The lowest BCUT2D eigenvalue weighted by atomic mass is 10.3. The van der Waals surface area contributed by atoms with Crippen LogP contribution in [0.3, 0.4) is 0 Å². The van der Waals surface area contributed by atoms with Gasteiger partial charge < -0.3 is 10.0 Å². The molecule has 0 atom stereocenters. The quantitative estimate of drug-likeness (QED) is 0.603. The summed E-state index contributed by atoms with van der Waals surface area (Å²) in [6, 6.07) is 0. The van der Waals surface area contributed by atoms with E-state index < -0.39 is 0 Å². The Morgan fingerprint density at radius 2 is 1.93 bits per heavy atom. The van der Waals surface area contributed by atoms with Crippen molar-refractivity contribution in [1.82, 2.24) is 4.90 Å². The Hall–Kier alpha value is -0.600. The van der Waals surface area contributed by atoms with Crippen molar-refractivity contribution in [2.75, 3.05) is 26.2 Å². The molecule has 14 heavy (non-hydrogen) atoms. The van der Waals surface area contributed by atoms with Crippen molar-refractivity contribution >= 4 is 0 Å². The molecule has 0 saturated carbocycles. The molecule has 0 aliphatic rings. The Balaban J connectivity index is 3.44. The van der Waals surface area contributed by atoms with E-state index >= 15 is 0 Å². The van der Waals surface area contributed by atoms with Crippen LogP contribution in [-0.4, -0.2) is 36.2 Å². The van der Waals surface area contributed by atoms with Gasteiger partial charge in [0.05, 0.1) is 6.61 Å². The van der Waals surface area contributed by atoms with Crippen LogP contribution in [-0.2, 0) is 0 Å². The number of allylic oxidation sites excluding steroid dienone is 3. The van der Waals surface area contributed by atoms with Crippen LogP contribution >= 0.6 is 0 Å². The van der Waals surface area contributed by atoms with Crippen molar-refractivity contribution < 1.29 is 5.11 Å². The fraction of sp³-hybridized carbons (Fsp3) is 0.667. The summed E-state index contributed by atoms with van der Waals surface area (Å²) in [6.07, 6.45) is 10.7. The highest BCUT2D eigenvalue weighted by Crippen LogP contribution is 1.94. The highest BCUT2D eigenvalue weighted by Gasteiger charge is 1.97. The van der Waals surface area contributed by atoms with Crippen LogP contribution in [0.25, 0.3) is 0 Å². The number of aliphatic hydroxyl groups is 1. The van der Waals surface area contributed by atoms with E-state index in [-0.39, 0.29) is 6.61 Å². The molecule has 2 nitrogen and oxygen atoms in total. The molecule has 0 unspecified atom stereocenters. The second-order valence-electron chi connectivity index (χ2n) is 3.22. The largest absolute Gasteiger partial charge is 0.395 e. The standard InChI is InChI=1S/C12H23NO/c1-3-5-6-7-8-9-10-13(4-2)11-12-14/h3,5,7-8,14H,4,6,9-12H2,1-2H3. The molecule has 0 spiro atoms. The minimum Gasteiger partial charge on any atom is -0.395 e. The van der Waals surface area contributed by atoms with Gasteiger partial charge in [0.1, 0.15) is 0 Å². The third-order valence-electron chi connectivity index (χ3n) is 2.15. The van der Waals surface area contributed by atoms with Crippen LogP contribution in [0.5, 0.6) is 0 Å². The van der Waals surface area contributed by atoms with E-state index in [0.717, 1.165) is 32.5 Å². The lowest BCUT2D eigenvalue weighted by molar-refractivity contribution is 0.204. The van der Waals surface area contributed by atoms with Crippen molar-refractivity contribution in [3.8, 4) is 0 Å². The monoisotopic (exact) mass is 197 g/mol. The third kappa shape index (κ3) is 8.02. The highest BCUT2D eigenvalue weighted by molar-refractivity contribution is 4.91. The summed E-state index contributed by atoms with van der Waals surface area (Å²) < 4.78 is 0. The second kappa shape index (κ2) is 10.5. The molecular formula is C12H23NO. The average Bonchev–Trinajstić information content (AvgIpc) is 2.21. The molecular weight excluding hydrogens is 174 g/mol. The smallest absolute Gasteiger partial charge is 0.0558 e. The first-order valence-corrected chi connectivity index (χ1v) is 5.44. The molecule has 2 heteroatoms. The molecule has 0 aliphatic heterocycles. The summed E-state index contributed by atoms with van der Waals surface area (Å²) in [5.41, 5.74) is 0. The van der Waals surface area contributed by atoms with Crippen molar-refractivity contribution in [1.29, 1.82) is 0 Å². The maximum absolute atomic E-state index is 8.77. The van der Waals surface area contributed by atoms with E-state index in [1.165, 1.54) is 0 Å². The minimum atomic E-state index is 0.260. The molecule has 0 amide bonds. The van der Waals surface area contributed by atoms with Crippen molar-refractivity contribution in [2.45, 2.75) is 26.7 Å². The maximum atomic E-state index is 8.77. The number of hydrogen-bond acceptors (Lipinski definition) is 2. The van der Waals surface area contributed by atoms with E-state index in [1.54, 1.807) is 0 Å². The fourth-order valence-corrected chi connectivity index (χ4v) is 1.26. The van der Waals surface area contributed by atoms with Crippen LogP contribution in [0.15, 0.2) is 24.3 Å². The zero-order valence-electron chi connectivity index (χ0n) is 9.45. The van der Waals surface area contributed by atoms with Gasteiger partial charge in [-0.2, -0.15) is 0 Å². The van der Waals surface area contributed by atoms with Gasteiger partial charge in [-0.1, -0.05) is 31.2 Å². The first kappa shape index (κ1) is 13.4. The number of rotatable bonds is 8. The van der Waals surface area contributed by atoms with Gasteiger partial charge in [0.25, 0.3) is 0 Å². The van der Waals surface area contributed by atoms with Crippen LogP contribution in [0.4, 0.5) is 0 Å². The zero-order valence-corrected chi connectivity index (χ0v) is 9.45. The summed E-state index contributed by atoms with van der Waals surface area (Å²) >= 11 is 0. The van der Waals surface area contributed by atoms with Gasteiger partial charge in [0.2, 0.25) is 0 Å². The molecule has 0 heterocycles. The normalized spacial score (nSPS) is 12.3. The lowest BCUT2D eigenvalue weighted by Crippen LogP contribution is -2.27. The maximum Gasteiger partial charge on any atom is 0.0558 e. The first-order valence-electron chi connectivity index (χ1n) is 5.44. The van der Waals surface area contributed by atoms with E-state index in [2.05, 4.69) is 36.1 Å². The summed E-state index contributed by atoms with van der Waals surface area (Å²) in [4.78, 5) is 2.25. The number of likely N-dealkylation sites (N-methyl/N-ethyl adjacent to an activating group) is 1. The molecule has 0 aliphatic carbocycles. The molecule has 0 aromatic carbocycles. The molecule has 0 radical (unpaired) electrons. The van der Waals surface area contributed by atoms with Crippen molar-refractivity contribution in [3.63, 3.8) is 0 Å². The van der Waals surface area contributed by atoms with Crippen molar-refractivity contribution in [3.05, 3.63) is 24.3 Å². The average molecular weight is 197 g/mol. The first-order chi connectivity index (χ1) is 6.85. The van der Waals surface area contributed by atoms with Gasteiger partial charge in [-0.05, 0) is 26.3 Å². The van der Waals surface area contributed by atoms with Gasteiger partial charge in [0, 0.05) is 13.1 Å². The minimum absolute atomic E-state index is 0.260. The van der Waals surface area contributed by atoms with Gasteiger partial charge in [-0.3, -0.25) is 0 Å². The Kier molecular flexibility index (Phi) is 10.0. The molecule has 82 valence electrons. The predicted molar refractivity (Wildman–Crippen MR) is 62.4 cm³/mol. The van der Waals surface area contributed by atoms with Gasteiger partial charge in [-0.25, -0.2) is 0 Å². The SMILES string of the molecule is CC=CCC=CCCN(CC)CCO. The predicted octanol–water partition coefficient (Wildman–Crippen LogP) is 2.21. The van der Waals surface area contributed by atoms with Crippen LogP contribution in [0.2, 0.25) is 0 Å². The molecule has 0 fully saturated rings. The summed E-state index contributed by atoms with van der Waals surface area (Å²) in [7, 11) is 0. The Morgan fingerprint density at radius 1 is 1.14 bits per heavy atom. The summed E-state index contributed by atoms with van der Waals surface area (Å²) in [6.45, 7) is 7.27. The zero-order chi connectivity index (χ0) is 10.6. The number of aliphatic hydroxyl groups excluding tert-OH is 1. The lowest BCUT2D eigenvalue weighted by Gasteiger charge is -2.17. The van der Waals surface area contributed by atoms with Crippen LogP contribution in [0, 0.1) is 0 Å². The van der Waals surface area contributed by atoms with E-state index in [4.69, 9.17) is 5.11 Å². The Labute approximate surface area is 87.9 Å². The summed E-state index contributed by atoms with van der Waals surface area (Å²) in [5.74, 6) is 0. The van der Waals surface area contributed by atoms with E-state index in [0.29, 0.717) is 0 Å². The van der Waals surface area contributed by atoms with Crippen molar-refractivity contribution in [2.24, 2.45) is 0 Å². The topological polar surface area (TPSA) is 23.5 Å². The van der Waals surface area contributed by atoms with Gasteiger partial charge in [0.15, 0.2) is 0 Å². The molecule has 0 aromatic heterocycles. The number of hydrogen-bond donors (Lipinski definition) is 1. The Bertz CT molecular complexity index is 164. The van der Waals surface area contributed by atoms with E-state index in [9.17, 15) is 0 Å². The molecule has 0 rings (SSSR count). The van der Waals surface area contributed by atoms with E-state index in [1.807, 2.05) is 6.92 Å². The van der Waals surface area contributed by atoms with Crippen LogP contribution < -0.4 is 0 Å². The molecule has 0 saturated heterocycles. The molecule has 0 aromatic rings. The third-order valence-corrected chi connectivity index (χ3v) is 2.15. The molecule has 0 bridgehead atoms. The highest BCUT2D eigenvalue weighted by atomic mass is 16.3. The van der Waals surface area contributed by atoms with Gasteiger partial charge >= 0.3 is 0 Å². The molecule has 1 N–H and O–H groups in total.